The summed E-state index contributed by atoms with van der Waals surface area (Å²) in [5, 5.41) is 11.8. The Morgan fingerprint density at radius 2 is 1.84 bits per heavy atom. The molecule has 25 heavy (non-hydrogen) atoms. The second kappa shape index (κ2) is 8.73. The fraction of sp³-hybridized carbons (Fsp3) is 0.263. The Bertz CT molecular complexity index is 757. The Hall–Kier alpha value is -3.02. The monoisotopic (exact) mass is 343 g/mol. The van der Waals surface area contributed by atoms with Crippen LogP contribution in [0.4, 0.5) is 0 Å². The van der Waals surface area contributed by atoms with Gasteiger partial charge in [-0.25, -0.2) is 4.79 Å². The highest BCUT2D eigenvalue weighted by molar-refractivity contribution is 5.97. The minimum Gasteiger partial charge on any atom is -0.493 e. The van der Waals surface area contributed by atoms with E-state index in [-0.39, 0.29) is 11.5 Å². The van der Waals surface area contributed by atoms with Gasteiger partial charge in [0.15, 0.2) is 11.5 Å². The topological polar surface area (TPSA) is 84.9 Å². The van der Waals surface area contributed by atoms with E-state index in [0.717, 1.165) is 12.0 Å². The van der Waals surface area contributed by atoms with Crippen LogP contribution in [0.3, 0.4) is 0 Å². The second-order valence-electron chi connectivity index (χ2n) is 5.40. The van der Waals surface area contributed by atoms with E-state index in [1.165, 1.54) is 12.1 Å². The molecule has 2 N–H and O–H groups in total. The summed E-state index contributed by atoms with van der Waals surface area (Å²) in [7, 11) is 1.56. The van der Waals surface area contributed by atoms with Crippen LogP contribution in [0.5, 0.6) is 11.5 Å². The van der Waals surface area contributed by atoms with Gasteiger partial charge in [0.2, 0.25) is 0 Å². The van der Waals surface area contributed by atoms with Gasteiger partial charge in [-0.2, -0.15) is 0 Å². The van der Waals surface area contributed by atoms with Gasteiger partial charge in [0.05, 0.1) is 19.3 Å². The third-order valence-corrected chi connectivity index (χ3v) is 3.51. The number of carboxylic acids is 1. The van der Waals surface area contributed by atoms with Crippen LogP contribution in [0, 0.1) is 0 Å². The normalized spacial score (nSPS) is 10.2. The predicted molar refractivity (Wildman–Crippen MR) is 93.4 cm³/mol. The Balaban J connectivity index is 2.04. The van der Waals surface area contributed by atoms with E-state index in [4.69, 9.17) is 14.6 Å². The van der Waals surface area contributed by atoms with Crippen molar-refractivity contribution in [3.63, 3.8) is 0 Å². The van der Waals surface area contributed by atoms with Gasteiger partial charge >= 0.3 is 5.97 Å². The van der Waals surface area contributed by atoms with Crippen molar-refractivity contribution in [1.82, 2.24) is 5.32 Å². The van der Waals surface area contributed by atoms with Crippen molar-refractivity contribution >= 4 is 11.9 Å². The van der Waals surface area contributed by atoms with E-state index in [9.17, 15) is 9.59 Å². The summed E-state index contributed by atoms with van der Waals surface area (Å²) in [5.41, 5.74) is 1.23. The van der Waals surface area contributed by atoms with E-state index in [2.05, 4.69) is 5.32 Å². The molecule has 0 aliphatic heterocycles. The van der Waals surface area contributed by atoms with Crippen LogP contribution < -0.4 is 14.8 Å². The molecule has 132 valence electrons. The molecule has 0 heterocycles. The lowest BCUT2D eigenvalue weighted by Crippen LogP contribution is -2.23. The van der Waals surface area contributed by atoms with Crippen LogP contribution in [0.25, 0.3) is 0 Å². The zero-order valence-corrected chi connectivity index (χ0v) is 14.2. The van der Waals surface area contributed by atoms with Crippen LogP contribution in [-0.2, 0) is 6.54 Å². The number of benzene rings is 2. The van der Waals surface area contributed by atoms with Gasteiger partial charge in [-0.05, 0) is 42.3 Å². The fourth-order valence-electron chi connectivity index (χ4n) is 2.23. The molecule has 2 aromatic rings. The molecule has 0 fully saturated rings. The molecule has 0 aliphatic rings. The summed E-state index contributed by atoms with van der Waals surface area (Å²) < 4.78 is 10.9. The minimum atomic E-state index is -1.07. The van der Waals surface area contributed by atoms with E-state index in [1.807, 2.05) is 13.0 Å². The van der Waals surface area contributed by atoms with Crippen molar-refractivity contribution in [2.45, 2.75) is 19.9 Å². The first-order valence-corrected chi connectivity index (χ1v) is 7.96. The number of hydrogen-bond donors (Lipinski definition) is 2. The van der Waals surface area contributed by atoms with E-state index in [0.29, 0.717) is 30.2 Å². The highest BCUT2D eigenvalue weighted by Crippen LogP contribution is 2.28. The summed E-state index contributed by atoms with van der Waals surface area (Å²) in [5.74, 6) is -0.142. The highest BCUT2D eigenvalue weighted by Gasteiger charge is 2.10. The maximum Gasteiger partial charge on any atom is 0.335 e. The number of hydrogen-bond acceptors (Lipinski definition) is 4. The molecule has 0 unspecified atom stereocenters. The largest absolute Gasteiger partial charge is 0.493 e. The lowest BCUT2D eigenvalue weighted by atomic mass is 10.1. The average molecular weight is 343 g/mol. The van der Waals surface area contributed by atoms with Crippen LogP contribution in [0.2, 0.25) is 0 Å². The Kier molecular flexibility index (Phi) is 6.39. The fourth-order valence-corrected chi connectivity index (χ4v) is 2.23. The summed E-state index contributed by atoms with van der Waals surface area (Å²) in [4.78, 5) is 23.2. The molecule has 2 aromatic carbocycles. The lowest BCUT2D eigenvalue weighted by Gasteiger charge is -2.12. The molecule has 0 radical (unpaired) electrons. The Morgan fingerprint density at radius 3 is 2.52 bits per heavy atom. The zero-order chi connectivity index (χ0) is 18.2. The smallest absolute Gasteiger partial charge is 0.335 e. The van der Waals surface area contributed by atoms with Gasteiger partial charge in [0.1, 0.15) is 0 Å². The first-order valence-electron chi connectivity index (χ1n) is 7.96. The van der Waals surface area contributed by atoms with Crippen molar-refractivity contribution in [1.29, 1.82) is 0 Å². The highest BCUT2D eigenvalue weighted by atomic mass is 16.5. The summed E-state index contributed by atoms with van der Waals surface area (Å²) in [6.45, 7) is 2.92. The van der Waals surface area contributed by atoms with Crippen LogP contribution in [0.1, 0.15) is 39.6 Å². The van der Waals surface area contributed by atoms with Crippen molar-refractivity contribution in [2.24, 2.45) is 0 Å². The molecule has 2 rings (SSSR count). The summed E-state index contributed by atoms with van der Waals surface area (Å²) >= 11 is 0. The van der Waals surface area contributed by atoms with Gasteiger partial charge in [-0.15, -0.1) is 0 Å². The Labute approximate surface area is 146 Å². The van der Waals surface area contributed by atoms with Gasteiger partial charge < -0.3 is 19.9 Å². The van der Waals surface area contributed by atoms with Crippen molar-refractivity contribution in [2.75, 3.05) is 13.7 Å². The first kappa shape index (κ1) is 18.3. The van der Waals surface area contributed by atoms with Crippen molar-refractivity contribution in [3.05, 3.63) is 59.2 Å². The number of amides is 1. The molecular formula is C19H21NO5. The maximum atomic E-state index is 12.2. The van der Waals surface area contributed by atoms with E-state index < -0.39 is 5.97 Å². The van der Waals surface area contributed by atoms with Gasteiger partial charge in [0.25, 0.3) is 5.91 Å². The molecule has 0 atom stereocenters. The molecule has 1 amide bonds. The SMILES string of the molecule is CCCOc1ccc(CNC(=O)c2cccc(C(=O)O)c2)cc1OC. The molecule has 0 saturated heterocycles. The molecule has 0 spiro atoms. The van der Waals surface area contributed by atoms with E-state index in [1.54, 1.807) is 31.4 Å². The average Bonchev–Trinajstić information content (AvgIpc) is 2.64. The number of carboxylic acid groups (broad SMARTS) is 1. The zero-order valence-electron chi connectivity index (χ0n) is 14.2. The number of methoxy groups -OCH3 is 1. The number of carbonyl (C=O) groups excluding carboxylic acids is 1. The van der Waals surface area contributed by atoms with Crippen LogP contribution >= 0.6 is 0 Å². The molecule has 0 aliphatic carbocycles. The van der Waals surface area contributed by atoms with Gasteiger partial charge in [-0.1, -0.05) is 19.1 Å². The molecule has 0 aromatic heterocycles. The standard InChI is InChI=1S/C19H21NO5/c1-3-9-25-16-8-7-13(10-17(16)24-2)12-20-18(21)14-5-4-6-15(11-14)19(22)23/h4-8,10-11H,3,9,12H2,1-2H3,(H,20,21)(H,22,23). The molecule has 0 bridgehead atoms. The lowest BCUT2D eigenvalue weighted by molar-refractivity contribution is 0.0697. The second-order valence-corrected chi connectivity index (χ2v) is 5.40. The van der Waals surface area contributed by atoms with Crippen LogP contribution in [-0.4, -0.2) is 30.7 Å². The first-order chi connectivity index (χ1) is 12.0. The van der Waals surface area contributed by atoms with Crippen molar-refractivity contribution < 1.29 is 24.2 Å². The number of ether oxygens (including phenoxy) is 2. The van der Waals surface area contributed by atoms with Crippen LogP contribution in [0.15, 0.2) is 42.5 Å². The van der Waals surface area contributed by atoms with E-state index >= 15 is 0 Å². The summed E-state index contributed by atoms with van der Waals surface area (Å²) in [6, 6.07) is 11.4. The number of rotatable bonds is 8. The van der Waals surface area contributed by atoms with Gasteiger partial charge in [0, 0.05) is 12.1 Å². The molecular weight excluding hydrogens is 322 g/mol. The van der Waals surface area contributed by atoms with Crippen molar-refractivity contribution in [3.8, 4) is 11.5 Å². The molecule has 6 heteroatoms. The minimum absolute atomic E-state index is 0.0757. The molecule has 0 saturated carbocycles. The Morgan fingerprint density at radius 1 is 1.08 bits per heavy atom. The predicted octanol–water partition coefficient (Wildman–Crippen LogP) is 3.11. The number of nitrogens with one attached hydrogen (secondary N) is 1. The third-order valence-electron chi connectivity index (χ3n) is 3.51. The number of aromatic carboxylic acids is 1. The third kappa shape index (κ3) is 4.97. The number of carbonyl (C=O) groups is 2. The van der Waals surface area contributed by atoms with Gasteiger partial charge in [-0.3, -0.25) is 4.79 Å². The quantitative estimate of drug-likeness (QED) is 0.769. The maximum absolute atomic E-state index is 12.2. The molecule has 6 nitrogen and oxygen atoms in total. The summed E-state index contributed by atoms with van der Waals surface area (Å²) in [6.07, 6.45) is 0.899.